The van der Waals surface area contributed by atoms with Gasteiger partial charge >= 0.3 is 11.1 Å². The third-order valence-corrected chi connectivity index (χ3v) is 7.05. The Morgan fingerprint density at radius 3 is 2.58 bits per heavy atom. The van der Waals surface area contributed by atoms with Crippen LogP contribution in [0.4, 0.5) is 26.2 Å². The molecule has 0 unspecified atom stereocenters. The molecule has 11 nitrogen and oxygen atoms in total. The van der Waals surface area contributed by atoms with Gasteiger partial charge in [-0.05, 0) is 18.2 Å². The molecule has 0 saturated carbocycles. The molecule has 2 aromatic heterocycles. The molecule has 0 spiro atoms. The van der Waals surface area contributed by atoms with Gasteiger partial charge in [-0.1, -0.05) is 11.6 Å². The Kier molecular flexibility index (Phi) is 7.05. The number of amides is 1. The quantitative estimate of drug-likeness (QED) is 0.430. The summed E-state index contributed by atoms with van der Waals surface area (Å²) < 4.78 is 35.1. The number of carbonyl (C=O) groups is 1. The van der Waals surface area contributed by atoms with E-state index in [1.165, 1.54) is 22.4 Å². The number of rotatable bonds is 7. The minimum absolute atomic E-state index is 0.00765. The molecule has 1 aromatic carbocycles. The van der Waals surface area contributed by atoms with Crippen LogP contribution in [0.1, 0.15) is 25.3 Å². The zero-order valence-corrected chi connectivity index (χ0v) is 21.3. The Balaban J connectivity index is 1.52. The van der Waals surface area contributed by atoms with Crippen molar-refractivity contribution in [1.82, 2.24) is 24.4 Å². The van der Waals surface area contributed by atoms with Crippen molar-refractivity contribution in [2.75, 3.05) is 43.6 Å². The van der Waals surface area contributed by atoms with E-state index in [4.69, 9.17) is 16.3 Å². The van der Waals surface area contributed by atoms with Gasteiger partial charge in [0, 0.05) is 51.6 Å². The average molecular weight is 550 g/mol. The third-order valence-electron chi connectivity index (χ3n) is 6.77. The van der Waals surface area contributed by atoms with Gasteiger partial charge < -0.3 is 24.8 Å². The van der Waals surface area contributed by atoms with Crippen LogP contribution in [0.3, 0.4) is 0 Å². The second kappa shape index (κ2) is 10.3. The van der Waals surface area contributed by atoms with Crippen molar-refractivity contribution in [3.8, 4) is 0 Å². The molecule has 2 saturated heterocycles. The van der Waals surface area contributed by atoms with Crippen molar-refractivity contribution in [2.24, 2.45) is 0 Å². The minimum atomic E-state index is -2.70. The molecule has 3 aromatic rings. The zero-order valence-electron chi connectivity index (χ0n) is 20.5. The molecule has 1 amide bonds. The van der Waals surface area contributed by atoms with Gasteiger partial charge in [-0.2, -0.15) is 4.98 Å². The monoisotopic (exact) mass is 549 g/mol. The molecule has 0 bridgehead atoms. The number of ether oxygens (including phenoxy) is 1. The zero-order chi connectivity index (χ0) is 27.0. The first-order valence-corrected chi connectivity index (χ1v) is 12.5. The molecular weight excluding hydrogens is 524 g/mol. The predicted molar refractivity (Wildman–Crippen MR) is 138 cm³/mol. The van der Waals surface area contributed by atoms with E-state index in [-0.39, 0.29) is 67.6 Å². The van der Waals surface area contributed by atoms with Crippen LogP contribution in [-0.2, 0) is 16.1 Å². The van der Waals surface area contributed by atoms with Crippen LogP contribution >= 0.6 is 11.6 Å². The molecule has 202 valence electrons. The van der Waals surface area contributed by atoms with Crippen LogP contribution in [0.25, 0.3) is 11.0 Å². The predicted octanol–water partition coefficient (Wildman–Crippen LogP) is 2.29. The first-order chi connectivity index (χ1) is 18.2. The van der Waals surface area contributed by atoms with Gasteiger partial charge in [0.2, 0.25) is 11.9 Å². The summed E-state index contributed by atoms with van der Waals surface area (Å²) in [6.45, 7) is 0.874. The Bertz CT molecular complexity index is 1500. The van der Waals surface area contributed by atoms with E-state index in [1.807, 2.05) is 0 Å². The number of nitrogens with one attached hydrogen (secondary N) is 2. The van der Waals surface area contributed by atoms with E-state index in [2.05, 4.69) is 20.6 Å². The van der Waals surface area contributed by atoms with Crippen molar-refractivity contribution < 1.29 is 18.3 Å². The van der Waals surface area contributed by atoms with Crippen LogP contribution in [0, 0.1) is 0 Å². The highest BCUT2D eigenvalue weighted by atomic mass is 35.5. The van der Waals surface area contributed by atoms with Gasteiger partial charge in [-0.15, -0.1) is 0 Å². The summed E-state index contributed by atoms with van der Waals surface area (Å²) in [6, 6.07) is 4.83. The third kappa shape index (κ3) is 5.07. The Morgan fingerprint density at radius 1 is 1.18 bits per heavy atom. The number of anilines is 3. The van der Waals surface area contributed by atoms with Crippen LogP contribution in [0.2, 0.25) is 5.02 Å². The average Bonchev–Trinajstić information content (AvgIpc) is 2.86. The molecule has 2 N–H and O–H groups in total. The first kappa shape index (κ1) is 26.0. The number of halogens is 3. The fourth-order valence-corrected chi connectivity index (χ4v) is 4.66. The second-order valence-electron chi connectivity index (χ2n) is 9.28. The summed E-state index contributed by atoms with van der Waals surface area (Å²) in [5.74, 6) is -2.44. The fraction of sp³-hybridized carbons (Fsp3) is 0.458. The van der Waals surface area contributed by atoms with Crippen molar-refractivity contribution in [2.45, 2.75) is 37.8 Å². The maximum absolute atomic E-state index is 13.6. The molecular formula is C24H26ClF2N7O4. The Hall–Kier alpha value is -3.58. The largest absolute Gasteiger partial charge is 0.377 e. The lowest BCUT2D eigenvalue weighted by Crippen LogP contribution is -2.47. The van der Waals surface area contributed by atoms with Gasteiger partial charge in [-0.3, -0.25) is 19.0 Å². The molecule has 14 heteroatoms. The van der Waals surface area contributed by atoms with Crippen LogP contribution in [0.15, 0.2) is 34.0 Å². The lowest BCUT2D eigenvalue weighted by molar-refractivity contribution is -0.120. The van der Waals surface area contributed by atoms with E-state index < -0.39 is 17.0 Å². The molecule has 2 aliphatic heterocycles. The summed E-state index contributed by atoms with van der Waals surface area (Å²) in [4.78, 5) is 48.2. The lowest BCUT2D eigenvalue weighted by atomic mass is 10.1. The number of nitrogens with zero attached hydrogens (tertiary/aromatic N) is 5. The van der Waals surface area contributed by atoms with Crippen molar-refractivity contribution in [1.29, 1.82) is 0 Å². The number of hydrogen-bond donors (Lipinski definition) is 2. The standard InChI is InChI=1S/C24H26ClF2N7O4/c1-28-19(35)4-7-33-18-10-14(2-3-17(18)34(15-12-38-13-15)22(37)21(33)36)30-20-16(25)11-29-23(31-20)32-8-5-24(26,27)6-9-32/h2-3,10-11,15H,4-9,12-13H2,1H3,(H,28,35)(H,29,30,31). The van der Waals surface area contributed by atoms with E-state index in [1.54, 1.807) is 23.1 Å². The number of piperidine rings is 1. The number of aromatic nitrogens is 4. The summed E-state index contributed by atoms with van der Waals surface area (Å²) in [5, 5.41) is 5.83. The van der Waals surface area contributed by atoms with Crippen molar-refractivity contribution >= 4 is 46.0 Å². The summed E-state index contributed by atoms with van der Waals surface area (Å²) in [7, 11) is 1.49. The maximum atomic E-state index is 13.6. The molecule has 0 radical (unpaired) electrons. The molecule has 4 heterocycles. The normalized spacial score (nSPS) is 17.3. The molecule has 0 aliphatic carbocycles. The van der Waals surface area contributed by atoms with Gasteiger partial charge in [0.05, 0.1) is 36.5 Å². The maximum Gasteiger partial charge on any atom is 0.317 e. The molecule has 5 rings (SSSR count). The van der Waals surface area contributed by atoms with E-state index in [9.17, 15) is 23.2 Å². The lowest BCUT2D eigenvalue weighted by Gasteiger charge is -2.31. The van der Waals surface area contributed by atoms with Gasteiger partial charge in [-0.25, -0.2) is 13.8 Å². The van der Waals surface area contributed by atoms with Gasteiger partial charge in [0.25, 0.3) is 5.92 Å². The van der Waals surface area contributed by atoms with E-state index in [0.717, 1.165) is 0 Å². The summed E-state index contributed by atoms with van der Waals surface area (Å²) >= 11 is 6.33. The van der Waals surface area contributed by atoms with Crippen molar-refractivity contribution in [3.05, 3.63) is 50.1 Å². The van der Waals surface area contributed by atoms with E-state index >= 15 is 0 Å². The topological polar surface area (TPSA) is 123 Å². The van der Waals surface area contributed by atoms with Crippen molar-refractivity contribution in [3.63, 3.8) is 0 Å². The molecule has 38 heavy (non-hydrogen) atoms. The molecule has 2 aliphatic rings. The van der Waals surface area contributed by atoms with Gasteiger partial charge in [0.1, 0.15) is 5.02 Å². The molecule has 2 fully saturated rings. The van der Waals surface area contributed by atoms with Crippen LogP contribution in [-0.4, -0.2) is 64.3 Å². The highest BCUT2D eigenvalue weighted by Gasteiger charge is 2.35. The SMILES string of the molecule is CNC(=O)CCn1c(=O)c(=O)n(C2COC2)c2ccc(Nc3nc(N4CCC(F)(F)CC4)ncc3Cl)cc21. The number of alkyl halides is 2. The van der Waals surface area contributed by atoms with E-state index in [0.29, 0.717) is 29.9 Å². The highest BCUT2D eigenvalue weighted by molar-refractivity contribution is 6.32. The number of benzene rings is 1. The summed E-state index contributed by atoms with van der Waals surface area (Å²) in [5.41, 5.74) is 0.0549. The Labute approximate surface area is 220 Å². The Morgan fingerprint density at radius 2 is 1.92 bits per heavy atom. The number of hydrogen-bond acceptors (Lipinski definition) is 8. The number of fused-ring (bicyclic) bond motifs is 1. The van der Waals surface area contributed by atoms with Crippen LogP contribution < -0.4 is 26.7 Å². The minimum Gasteiger partial charge on any atom is -0.377 e. The van der Waals surface area contributed by atoms with Crippen LogP contribution in [0.5, 0.6) is 0 Å². The number of carbonyl (C=O) groups excluding carboxylic acids is 1. The highest BCUT2D eigenvalue weighted by Crippen LogP contribution is 2.32. The second-order valence-corrected chi connectivity index (χ2v) is 9.69. The van der Waals surface area contributed by atoms with Gasteiger partial charge in [0.15, 0.2) is 5.82 Å². The fourth-order valence-electron chi connectivity index (χ4n) is 4.52. The smallest absolute Gasteiger partial charge is 0.317 e. The number of aryl methyl sites for hydroxylation is 1. The summed E-state index contributed by atoms with van der Waals surface area (Å²) in [6.07, 6.45) is 0.837. The molecule has 0 atom stereocenters. The first-order valence-electron chi connectivity index (χ1n) is 12.2.